The van der Waals surface area contributed by atoms with E-state index in [9.17, 15) is 19.2 Å². The van der Waals surface area contributed by atoms with Crippen molar-refractivity contribution < 1.29 is 19.5 Å². The van der Waals surface area contributed by atoms with Crippen LogP contribution < -0.4 is 15.9 Å². The molecule has 1 aromatic carbocycles. The van der Waals surface area contributed by atoms with Gasteiger partial charge in [0.2, 0.25) is 11.8 Å². The van der Waals surface area contributed by atoms with Crippen LogP contribution in [-0.2, 0) is 21.4 Å². The van der Waals surface area contributed by atoms with Crippen molar-refractivity contribution in [2.45, 2.75) is 31.7 Å². The Kier molecular flexibility index (Phi) is 4.44. The third-order valence-corrected chi connectivity index (χ3v) is 5.80. The molecule has 1 atom stereocenters. The summed E-state index contributed by atoms with van der Waals surface area (Å²) in [7, 11) is 1.66. The number of fused-ring (bicyclic) bond motifs is 1. The van der Waals surface area contributed by atoms with Gasteiger partial charge in [-0.15, -0.1) is 0 Å². The molecule has 2 aliphatic rings. The molecule has 28 heavy (non-hydrogen) atoms. The number of aliphatic carboxylic acids is 1. The lowest BCUT2D eigenvalue weighted by atomic mass is 9.97. The van der Waals surface area contributed by atoms with Crippen molar-refractivity contribution in [3.63, 3.8) is 0 Å². The van der Waals surface area contributed by atoms with Gasteiger partial charge in [-0.2, -0.15) is 0 Å². The smallest absolute Gasteiger partial charge is 0.329 e. The van der Waals surface area contributed by atoms with Gasteiger partial charge in [-0.25, -0.2) is 4.79 Å². The molecular formula is C19H22N4O5. The predicted octanol–water partition coefficient (Wildman–Crippen LogP) is 0.619. The number of imidazole rings is 1. The maximum atomic E-state index is 12.8. The number of imide groups is 1. The molecule has 1 aromatic heterocycles. The molecule has 2 fully saturated rings. The summed E-state index contributed by atoms with van der Waals surface area (Å²) in [5.74, 6) is -1.83. The van der Waals surface area contributed by atoms with Gasteiger partial charge in [0, 0.05) is 32.2 Å². The molecule has 3 heterocycles. The summed E-state index contributed by atoms with van der Waals surface area (Å²) in [5, 5.41) is 11.5. The van der Waals surface area contributed by atoms with Crippen LogP contribution in [0.3, 0.4) is 0 Å². The van der Waals surface area contributed by atoms with Crippen LogP contribution in [0.2, 0.25) is 0 Å². The molecule has 2 aliphatic heterocycles. The SMILES string of the molecule is Cn1c(=O)n(C2CCC(=O)NC2=O)c2ccc(N3CCC(C(=O)O)CC3)cc21. The van der Waals surface area contributed by atoms with Gasteiger partial charge in [0.1, 0.15) is 6.04 Å². The van der Waals surface area contributed by atoms with Crippen molar-refractivity contribution in [2.24, 2.45) is 13.0 Å². The Morgan fingerprint density at radius 1 is 1.11 bits per heavy atom. The Labute approximate surface area is 160 Å². The van der Waals surface area contributed by atoms with Crippen LogP contribution in [0.1, 0.15) is 31.7 Å². The van der Waals surface area contributed by atoms with Crippen LogP contribution in [0.4, 0.5) is 5.69 Å². The maximum absolute atomic E-state index is 12.8. The lowest BCUT2D eigenvalue weighted by Crippen LogP contribution is -2.44. The van der Waals surface area contributed by atoms with Gasteiger partial charge in [-0.05, 0) is 37.5 Å². The highest BCUT2D eigenvalue weighted by molar-refractivity contribution is 6.00. The van der Waals surface area contributed by atoms with Gasteiger partial charge in [0.25, 0.3) is 0 Å². The third kappa shape index (κ3) is 2.96. The summed E-state index contributed by atoms with van der Waals surface area (Å²) in [4.78, 5) is 49.7. The predicted molar refractivity (Wildman–Crippen MR) is 101 cm³/mol. The van der Waals surface area contributed by atoms with Crippen molar-refractivity contribution in [1.29, 1.82) is 0 Å². The minimum atomic E-state index is -0.751. The number of benzene rings is 1. The van der Waals surface area contributed by atoms with Crippen LogP contribution in [0.5, 0.6) is 0 Å². The number of carboxylic acids is 1. The second-order valence-corrected chi connectivity index (χ2v) is 7.45. The number of carbonyl (C=O) groups excluding carboxylic acids is 2. The fourth-order valence-corrected chi connectivity index (χ4v) is 4.16. The van der Waals surface area contributed by atoms with E-state index in [1.165, 1.54) is 9.13 Å². The van der Waals surface area contributed by atoms with E-state index in [0.717, 1.165) is 5.69 Å². The quantitative estimate of drug-likeness (QED) is 0.748. The van der Waals surface area contributed by atoms with Crippen molar-refractivity contribution >= 4 is 34.5 Å². The largest absolute Gasteiger partial charge is 0.481 e. The molecule has 9 nitrogen and oxygen atoms in total. The normalized spacial score (nSPS) is 21.2. The molecule has 0 saturated carbocycles. The van der Waals surface area contributed by atoms with Crippen LogP contribution in [-0.4, -0.2) is 45.1 Å². The summed E-state index contributed by atoms with van der Waals surface area (Å²) < 4.78 is 2.96. The maximum Gasteiger partial charge on any atom is 0.329 e. The van der Waals surface area contributed by atoms with Crippen molar-refractivity contribution in [1.82, 2.24) is 14.5 Å². The third-order valence-electron chi connectivity index (χ3n) is 5.80. The minimum Gasteiger partial charge on any atom is -0.481 e. The van der Waals surface area contributed by atoms with Gasteiger partial charge >= 0.3 is 11.7 Å². The molecule has 2 aromatic rings. The van der Waals surface area contributed by atoms with E-state index < -0.39 is 17.9 Å². The molecule has 9 heteroatoms. The lowest BCUT2D eigenvalue weighted by Gasteiger charge is -2.32. The Morgan fingerprint density at radius 2 is 1.82 bits per heavy atom. The van der Waals surface area contributed by atoms with Crippen LogP contribution in [0.15, 0.2) is 23.0 Å². The lowest BCUT2D eigenvalue weighted by molar-refractivity contribution is -0.142. The Hall–Kier alpha value is -3.10. The molecule has 2 saturated heterocycles. The van der Waals surface area contributed by atoms with E-state index in [-0.39, 0.29) is 23.9 Å². The average Bonchev–Trinajstić information content (AvgIpc) is 2.92. The fraction of sp³-hybridized carbons (Fsp3) is 0.474. The van der Waals surface area contributed by atoms with E-state index in [0.29, 0.717) is 43.4 Å². The highest BCUT2D eigenvalue weighted by Crippen LogP contribution is 2.28. The first kappa shape index (κ1) is 18.3. The number of piperidine rings is 2. The summed E-state index contributed by atoms with van der Waals surface area (Å²) in [6, 6.07) is 4.91. The number of carboxylic acid groups (broad SMARTS) is 1. The number of aromatic nitrogens is 2. The number of rotatable bonds is 3. The topological polar surface area (TPSA) is 114 Å². The minimum absolute atomic E-state index is 0.204. The van der Waals surface area contributed by atoms with Gasteiger partial charge in [-0.3, -0.25) is 28.8 Å². The van der Waals surface area contributed by atoms with Crippen LogP contribution in [0.25, 0.3) is 11.0 Å². The van der Waals surface area contributed by atoms with E-state index in [1.54, 1.807) is 7.05 Å². The molecule has 2 N–H and O–H groups in total. The first-order valence-corrected chi connectivity index (χ1v) is 9.39. The molecule has 148 valence electrons. The number of aryl methyl sites for hydroxylation is 1. The monoisotopic (exact) mass is 386 g/mol. The fourth-order valence-electron chi connectivity index (χ4n) is 4.16. The second kappa shape index (κ2) is 6.81. The van der Waals surface area contributed by atoms with Gasteiger partial charge < -0.3 is 10.0 Å². The van der Waals surface area contributed by atoms with Crippen LogP contribution in [0, 0.1) is 5.92 Å². The Balaban J connectivity index is 1.67. The number of nitrogens with one attached hydrogen (secondary N) is 1. The standard InChI is InChI=1S/C19H22N4O5/c1-21-15-10-12(22-8-6-11(7-9-22)18(26)27)2-3-13(15)23(19(21)28)14-4-5-16(24)20-17(14)25/h2-3,10-11,14H,4-9H2,1H3,(H,26,27)(H,20,24,25). The van der Waals surface area contributed by atoms with Crippen LogP contribution >= 0.6 is 0 Å². The zero-order valence-corrected chi connectivity index (χ0v) is 15.6. The number of carbonyl (C=O) groups is 3. The van der Waals surface area contributed by atoms with Crippen molar-refractivity contribution in [3.05, 3.63) is 28.7 Å². The zero-order valence-electron chi connectivity index (χ0n) is 15.6. The zero-order chi connectivity index (χ0) is 20.0. The molecule has 1 unspecified atom stereocenters. The van der Waals surface area contributed by atoms with E-state index in [1.807, 2.05) is 18.2 Å². The molecular weight excluding hydrogens is 364 g/mol. The number of nitrogens with zero attached hydrogens (tertiary/aromatic N) is 3. The average molecular weight is 386 g/mol. The van der Waals surface area contributed by atoms with Crippen molar-refractivity contribution in [2.75, 3.05) is 18.0 Å². The number of amides is 2. The molecule has 0 radical (unpaired) electrons. The molecule has 4 rings (SSSR count). The molecule has 2 amide bonds. The summed E-state index contributed by atoms with van der Waals surface area (Å²) >= 11 is 0. The highest BCUT2D eigenvalue weighted by Gasteiger charge is 2.31. The first-order valence-electron chi connectivity index (χ1n) is 9.39. The number of hydrogen-bond acceptors (Lipinski definition) is 5. The number of anilines is 1. The highest BCUT2D eigenvalue weighted by atomic mass is 16.4. The molecule has 0 bridgehead atoms. The van der Waals surface area contributed by atoms with Gasteiger partial charge in [-0.1, -0.05) is 0 Å². The summed E-state index contributed by atoms with van der Waals surface area (Å²) in [6.07, 6.45) is 1.68. The molecule has 0 aliphatic carbocycles. The summed E-state index contributed by atoms with van der Waals surface area (Å²) in [6.45, 7) is 1.29. The second-order valence-electron chi connectivity index (χ2n) is 7.45. The first-order chi connectivity index (χ1) is 13.4. The van der Waals surface area contributed by atoms with E-state index in [2.05, 4.69) is 10.2 Å². The van der Waals surface area contributed by atoms with Gasteiger partial charge in [0.05, 0.1) is 17.0 Å². The Bertz CT molecular complexity index is 1030. The summed E-state index contributed by atoms with van der Waals surface area (Å²) in [5.41, 5.74) is 1.97. The van der Waals surface area contributed by atoms with E-state index >= 15 is 0 Å². The Morgan fingerprint density at radius 3 is 2.46 bits per heavy atom. The van der Waals surface area contributed by atoms with Crippen molar-refractivity contribution in [3.8, 4) is 0 Å². The number of hydrogen-bond donors (Lipinski definition) is 2. The van der Waals surface area contributed by atoms with Gasteiger partial charge in [0.15, 0.2) is 0 Å². The van der Waals surface area contributed by atoms with E-state index in [4.69, 9.17) is 5.11 Å². The molecule has 0 spiro atoms.